The fraction of sp³-hybridized carbons (Fsp3) is 0.290. The fourth-order valence-corrected chi connectivity index (χ4v) is 6.72. The Bertz CT molecular complexity index is 1660. The van der Waals surface area contributed by atoms with E-state index in [0.29, 0.717) is 38.9 Å². The number of aryl methyl sites for hydroxylation is 1. The van der Waals surface area contributed by atoms with Gasteiger partial charge in [-0.15, -0.1) is 11.3 Å². The number of hydrogen-bond acceptors (Lipinski definition) is 7. The second kappa shape index (κ2) is 11.8. The van der Waals surface area contributed by atoms with Crippen LogP contribution >= 0.6 is 11.3 Å². The number of aromatic nitrogens is 1. The van der Waals surface area contributed by atoms with Gasteiger partial charge in [-0.05, 0) is 81.6 Å². The van der Waals surface area contributed by atoms with Gasteiger partial charge in [0.05, 0.1) is 29.0 Å². The summed E-state index contributed by atoms with van der Waals surface area (Å²) < 4.78 is 5.98. The molecule has 1 aliphatic heterocycles. The standard InChI is InChI=1S/C31H32N6O4S/c1-18-15-22(41-21-9-4-3-5-10-21)11-12-23(18)37-24-13-14-33-30-26(24)27(36-31(37)40)28(42-30)29(39)35-20-8-6-7-19(16-20)34-25(38)17-32-2/h3-5,9-15,19-20,32H,6-8,16-17H2,1-2H3,(H,34,38)(H,35,39)(H,36,40)/t19?,20-/m0/s1. The number of ether oxygens (including phenoxy) is 1. The zero-order valence-corrected chi connectivity index (χ0v) is 24.2. The first kappa shape index (κ1) is 27.7. The smallest absolute Gasteiger partial charge is 0.331 e. The van der Waals surface area contributed by atoms with Crippen LogP contribution in [0.1, 0.15) is 40.9 Å². The van der Waals surface area contributed by atoms with Gasteiger partial charge in [-0.1, -0.05) is 18.2 Å². The Hall–Kier alpha value is -4.48. The highest BCUT2D eigenvalue weighted by Gasteiger charge is 2.34. The van der Waals surface area contributed by atoms with Crippen LogP contribution in [0.5, 0.6) is 11.5 Å². The van der Waals surface area contributed by atoms with E-state index >= 15 is 0 Å². The Morgan fingerprint density at radius 1 is 1.05 bits per heavy atom. The maximum atomic E-state index is 13.6. The van der Waals surface area contributed by atoms with Gasteiger partial charge in [0.15, 0.2) is 0 Å². The summed E-state index contributed by atoms with van der Waals surface area (Å²) in [6.45, 7) is 2.19. The number of anilines is 3. The van der Waals surface area contributed by atoms with Gasteiger partial charge in [0.2, 0.25) is 5.91 Å². The molecule has 0 bridgehead atoms. The number of likely N-dealkylation sites (N-methyl/N-ethyl adjacent to an activating group) is 1. The largest absolute Gasteiger partial charge is 0.457 e. The maximum absolute atomic E-state index is 13.6. The molecule has 6 rings (SSSR count). The van der Waals surface area contributed by atoms with Gasteiger partial charge in [0.25, 0.3) is 5.91 Å². The summed E-state index contributed by atoms with van der Waals surface area (Å²) in [5.41, 5.74) is 2.71. The molecule has 0 saturated heterocycles. The lowest BCUT2D eigenvalue weighted by Crippen LogP contribution is -2.47. The third-order valence-electron chi connectivity index (χ3n) is 7.55. The maximum Gasteiger partial charge on any atom is 0.331 e. The van der Waals surface area contributed by atoms with Crippen LogP contribution in [0.25, 0.3) is 10.2 Å². The summed E-state index contributed by atoms with van der Waals surface area (Å²) in [5, 5.41) is 12.7. The highest BCUT2D eigenvalue weighted by atomic mass is 32.1. The van der Waals surface area contributed by atoms with Crippen molar-refractivity contribution in [3.05, 3.63) is 71.2 Å². The zero-order valence-electron chi connectivity index (χ0n) is 23.4. The molecule has 11 heteroatoms. The summed E-state index contributed by atoms with van der Waals surface area (Å²) in [7, 11) is 1.73. The van der Waals surface area contributed by atoms with Crippen LogP contribution in [0.2, 0.25) is 0 Å². The average molecular weight is 585 g/mol. The van der Waals surface area contributed by atoms with Gasteiger partial charge >= 0.3 is 6.03 Å². The van der Waals surface area contributed by atoms with Gasteiger partial charge in [-0.25, -0.2) is 9.78 Å². The van der Waals surface area contributed by atoms with Crippen molar-refractivity contribution < 1.29 is 19.1 Å². The first-order valence-corrected chi connectivity index (χ1v) is 14.8. The number of pyridine rings is 1. The van der Waals surface area contributed by atoms with Gasteiger partial charge < -0.3 is 26.0 Å². The Kier molecular flexibility index (Phi) is 7.77. The lowest BCUT2D eigenvalue weighted by atomic mass is 9.91. The molecule has 0 radical (unpaired) electrons. The number of hydrogen-bond donors (Lipinski definition) is 4. The molecule has 4 N–H and O–H groups in total. The topological polar surface area (TPSA) is 125 Å². The number of thiophene rings is 1. The monoisotopic (exact) mass is 584 g/mol. The van der Waals surface area contributed by atoms with E-state index in [2.05, 4.69) is 26.3 Å². The predicted octanol–water partition coefficient (Wildman–Crippen LogP) is 5.46. The molecule has 4 amide bonds. The van der Waals surface area contributed by atoms with Crippen molar-refractivity contribution in [3.63, 3.8) is 0 Å². The summed E-state index contributed by atoms with van der Waals surface area (Å²) in [6, 6.07) is 16.5. The number of carbonyl (C=O) groups excluding carboxylic acids is 3. The second-order valence-electron chi connectivity index (χ2n) is 10.6. The number of nitrogens with one attached hydrogen (secondary N) is 4. The van der Waals surface area contributed by atoms with Gasteiger partial charge in [-0.2, -0.15) is 0 Å². The third-order valence-corrected chi connectivity index (χ3v) is 8.65. The highest BCUT2D eigenvalue weighted by molar-refractivity contribution is 7.21. The van der Waals surface area contributed by atoms with E-state index in [9.17, 15) is 14.4 Å². The Balaban J connectivity index is 1.24. The Labute approximate surface area is 247 Å². The van der Waals surface area contributed by atoms with Crippen LogP contribution < -0.4 is 30.9 Å². The molecule has 2 aromatic carbocycles. The minimum atomic E-state index is -0.354. The first-order chi connectivity index (χ1) is 20.4. The molecule has 42 heavy (non-hydrogen) atoms. The molecule has 10 nitrogen and oxygen atoms in total. The minimum absolute atomic E-state index is 0.0138. The lowest BCUT2D eigenvalue weighted by Gasteiger charge is -2.31. The van der Waals surface area contributed by atoms with Crippen molar-refractivity contribution in [1.82, 2.24) is 20.9 Å². The van der Waals surface area contributed by atoms with E-state index in [1.54, 1.807) is 24.2 Å². The van der Waals surface area contributed by atoms with E-state index in [0.717, 1.165) is 36.0 Å². The fourth-order valence-electron chi connectivity index (χ4n) is 5.69. The molecule has 1 unspecified atom stereocenters. The number of benzene rings is 2. The van der Waals surface area contributed by atoms with Crippen molar-refractivity contribution >= 4 is 56.5 Å². The quantitative estimate of drug-likeness (QED) is 0.218. The molecule has 216 valence electrons. The van der Waals surface area contributed by atoms with Gasteiger partial charge in [0.1, 0.15) is 21.2 Å². The summed E-state index contributed by atoms with van der Waals surface area (Å²) >= 11 is 1.26. The lowest BCUT2D eigenvalue weighted by molar-refractivity contribution is -0.121. The number of amides is 4. The van der Waals surface area contributed by atoms with E-state index in [-0.39, 0.29) is 36.5 Å². The highest BCUT2D eigenvalue weighted by Crippen LogP contribution is 2.46. The van der Waals surface area contributed by atoms with Crippen molar-refractivity contribution in [2.75, 3.05) is 23.8 Å². The van der Waals surface area contributed by atoms with Crippen molar-refractivity contribution in [3.8, 4) is 11.5 Å². The van der Waals surface area contributed by atoms with Crippen molar-refractivity contribution in [1.29, 1.82) is 0 Å². The number of para-hydroxylation sites is 1. The molecule has 1 saturated carbocycles. The number of carbonyl (C=O) groups is 3. The molecular formula is C31H32N6O4S. The SMILES string of the molecule is CNCC(=O)NC1CCC[C@H](NC(=O)c2sc3nccc4c3c2NC(=O)N4c2ccc(Oc3ccccc3)cc2C)C1. The Morgan fingerprint density at radius 2 is 1.83 bits per heavy atom. The molecule has 4 aromatic rings. The van der Waals surface area contributed by atoms with Gasteiger partial charge in [0, 0.05) is 18.3 Å². The molecule has 2 aromatic heterocycles. The summed E-state index contributed by atoms with van der Waals surface area (Å²) in [6.07, 6.45) is 4.94. The molecule has 0 spiro atoms. The summed E-state index contributed by atoms with van der Waals surface area (Å²) in [5.74, 6) is 1.09. The van der Waals surface area contributed by atoms with Crippen LogP contribution in [0.3, 0.4) is 0 Å². The molecule has 3 heterocycles. The van der Waals surface area contributed by atoms with Gasteiger partial charge in [-0.3, -0.25) is 14.5 Å². The molecule has 2 atom stereocenters. The second-order valence-corrected chi connectivity index (χ2v) is 11.6. The van der Waals surface area contributed by atoms with Crippen LogP contribution in [0.15, 0.2) is 60.8 Å². The molecule has 2 aliphatic rings. The predicted molar refractivity (Wildman–Crippen MR) is 164 cm³/mol. The normalized spacial score (nSPS) is 18.0. The van der Waals surface area contributed by atoms with Crippen LogP contribution in [-0.2, 0) is 4.79 Å². The van der Waals surface area contributed by atoms with E-state index < -0.39 is 0 Å². The van der Waals surface area contributed by atoms with Crippen molar-refractivity contribution in [2.45, 2.75) is 44.7 Å². The summed E-state index contributed by atoms with van der Waals surface area (Å²) in [4.78, 5) is 46.4. The molecule has 1 fully saturated rings. The van der Waals surface area contributed by atoms with Crippen LogP contribution in [-0.4, -0.2) is 48.5 Å². The molecular weight excluding hydrogens is 552 g/mol. The zero-order chi connectivity index (χ0) is 29.2. The minimum Gasteiger partial charge on any atom is -0.457 e. The van der Waals surface area contributed by atoms with E-state index in [1.807, 2.05) is 55.5 Å². The van der Waals surface area contributed by atoms with Crippen LogP contribution in [0.4, 0.5) is 21.9 Å². The van der Waals surface area contributed by atoms with E-state index in [4.69, 9.17) is 4.74 Å². The molecule has 1 aliphatic carbocycles. The third kappa shape index (κ3) is 5.53. The van der Waals surface area contributed by atoms with E-state index in [1.165, 1.54) is 11.3 Å². The number of nitrogens with zero attached hydrogens (tertiary/aromatic N) is 2. The van der Waals surface area contributed by atoms with Crippen LogP contribution in [0, 0.1) is 6.92 Å². The van der Waals surface area contributed by atoms with Crippen molar-refractivity contribution in [2.24, 2.45) is 0 Å². The first-order valence-electron chi connectivity index (χ1n) is 14.0. The number of urea groups is 1. The Morgan fingerprint density at radius 3 is 2.60 bits per heavy atom. The number of rotatable bonds is 8. The average Bonchev–Trinajstić information content (AvgIpc) is 3.34.